The van der Waals surface area contributed by atoms with Crippen LogP contribution in [0.3, 0.4) is 0 Å². The number of benzene rings is 1. The molecule has 0 aliphatic carbocycles. The number of hydrogen-bond acceptors (Lipinski definition) is 3. The Kier molecular flexibility index (Phi) is 3.21. The molecule has 2 aromatic heterocycles. The molecule has 4 heteroatoms. The molecule has 1 aromatic carbocycles. The van der Waals surface area contributed by atoms with E-state index < -0.39 is 0 Å². The van der Waals surface area contributed by atoms with Crippen LogP contribution in [0.15, 0.2) is 54.9 Å². The monoisotopic (exact) mass is 265 g/mol. The van der Waals surface area contributed by atoms with Crippen LogP contribution in [0.5, 0.6) is 0 Å². The molecule has 3 aromatic rings. The summed E-state index contributed by atoms with van der Waals surface area (Å²) in [6, 6.07) is 13.8. The number of imidazole rings is 1. The SMILES string of the molecule is CCOC(=N)c1ccc2nc(-c3ccccc3)cn2c1. The second kappa shape index (κ2) is 5.17. The standard InChI is InChI=1S/C16H15N3O/c1-2-20-16(17)13-8-9-15-18-14(11-19(15)10-13)12-6-4-3-5-7-12/h3-11,17H,2H2,1H3. The fourth-order valence-electron chi connectivity index (χ4n) is 2.10. The van der Waals surface area contributed by atoms with Crippen LogP contribution in [0.4, 0.5) is 0 Å². The maximum atomic E-state index is 7.82. The second-order valence-electron chi connectivity index (χ2n) is 4.44. The van der Waals surface area contributed by atoms with E-state index in [2.05, 4.69) is 4.98 Å². The van der Waals surface area contributed by atoms with E-state index in [4.69, 9.17) is 10.1 Å². The van der Waals surface area contributed by atoms with E-state index in [0.29, 0.717) is 6.61 Å². The van der Waals surface area contributed by atoms with Gasteiger partial charge in [0.15, 0.2) is 0 Å². The quantitative estimate of drug-likeness (QED) is 0.583. The van der Waals surface area contributed by atoms with Gasteiger partial charge < -0.3 is 9.14 Å². The van der Waals surface area contributed by atoms with E-state index in [-0.39, 0.29) is 5.90 Å². The van der Waals surface area contributed by atoms with Gasteiger partial charge in [0, 0.05) is 18.0 Å². The van der Waals surface area contributed by atoms with Gasteiger partial charge in [0.1, 0.15) is 5.65 Å². The topological polar surface area (TPSA) is 50.4 Å². The van der Waals surface area contributed by atoms with E-state index in [1.807, 2.05) is 66.2 Å². The molecular weight excluding hydrogens is 250 g/mol. The van der Waals surface area contributed by atoms with Crippen molar-refractivity contribution in [2.45, 2.75) is 6.92 Å². The van der Waals surface area contributed by atoms with Crippen molar-refractivity contribution < 1.29 is 4.74 Å². The van der Waals surface area contributed by atoms with Gasteiger partial charge in [-0.1, -0.05) is 30.3 Å². The fraction of sp³-hybridized carbons (Fsp3) is 0.125. The summed E-state index contributed by atoms with van der Waals surface area (Å²) in [6.07, 6.45) is 3.83. The Morgan fingerprint density at radius 1 is 1.15 bits per heavy atom. The van der Waals surface area contributed by atoms with Crippen molar-refractivity contribution in [2.75, 3.05) is 6.61 Å². The van der Waals surface area contributed by atoms with Crippen LogP contribution >= 0.6 is 0 Å². The normalized spacial score (nSPS) is 10.7. The summed E-state index contributed by atoms with van der Waals surface area (Å²) in [6.45, 7) is 2.37. The van der Waals surface area contributed by atoms with Gasteiger partial charge in [-0.15, -0.1) is 0 Å². The average Bonchev–Trinajstić information content (AvgIpc) is 2.91. The molecule has 1 N–H and O–H groups in total. The van der Waals surface area contributed by atoms with Crippen LogP contribution in [-0.4, -0.2) is 21.9 Å². The van der Waals surface area contributed by atoms with E-state index in [1.54, 1.807) is 0 Å². The molecule has 100 valence electrons. The Morgan fingerprint density at radius 3 is 2.70 bits per heavy atom. The number of rotatable bonds is 3. The molecule has 0 saturated carbocycles. The lowest BCUT2D eigenvalue weighted by molar-refractivity contribution is 0.325. The summed E-state index contributed by atoms with van der Waals surface area (Å²) in [4.78, 5) is 4.58. The summed E-state index contributed by atoms with van der Waals surface area (Å²) < 4.78 is 7.14. The van der Waals surface area contributed by atoms with Crippen LogP contribution < -0.4 is 0 Å². The van der Waals surface area contributed by atoms with Crippen LogP contribution in [0, 0.1) is 5.41 Å². The fourth-order valence-corrected chi connectivity index (χ4v) is 2.10. The van der Waals surface area contributed by atoms with Crippen molar-refractivity contribution >= 4 is 11.5 Å². The summed E-state index contributed by atoms with van der Waals surface area (Å²) in [5.74, 6) is 0.185. The van der Waals surface area contributed by atoms with Crippen molar-refractivity contribution in [3.63, 3.8) is 0 Å². The lowest BCUT2D eigenvalue weighted by atomic mass is 10.2. The molecule has 0 aliphatic rings. The minimum Gasteiger partial charge on any atom is -0.478 e. The molecule has 0 spiro atoms. The van der Waals surface area contributed by atoms with Crippen LogP contribution in [-0.2, 0) is 4.74 Å². The molecule has 2 heterocycles. The highest BCUT2D eigenvalue weighted by atomic mass is 16.5. The molecule has 0 saturated heterocycles. The number of hydrogen-bond donors (Lipinski definition) is 1. The van der Waals surface area contributed by atoms with Crippen molar-refractivity contribution in [3.05, 3.63) is 60.4 Å². The van der Waals surface area contributed by atoms with Gasteiger partial charge in [-0.25, -0.2) is 4.98 Å². The largest absolute Gasteiger partial charge is 0.478 e. The zero-order chi connectivity index (χ0) is 13.9. The van der Waals surface area contributed by atoms with Crippen LogP contribution in [0.25, 0.3) is 16.9 Å². The third kappa shape index (κ3) is 2.28. The predicted octanol–water partition coefficient (Wildman–Crippen LogP) is 3.36. The molecule has 0 unspecified atom stereocenters. The Morgan fingerprint density at radius 2 is 1.95 bits per heavy atom. The lowest BCUT2D eigenvalue weighted by Gasteiger charge is -2.04. The summed E-state index contributed by atoms with van der Waals surface area (Å²) in [7, 11) is 0. The van der Waals surface area contributed by atoms with Gasteiger partial charge >= 0.3 is 0 Å². The molecular formula is C16H15N3O. The molecule has 0 fully saturated rings. The Bertz CT molecular complexity index is 747. The molecule has 3 rings (SSSR count). The van der Waals surface area contributed by atoms with Crippen molar-refractivity contribution in [3.8, 4) is 11.3 Å². The van der Waals surface area contributed by atoms with Gasteiger partial charge in [-0.2, -0.15) is 0 Å². The highest BCUT2D eigenvalue weighted by molar-refractivity contribution is 5.91. The molecule has 0 aliphatic heterocycles. The Balaban J connectivity index is 2.02. The molecule has 0 atom stereocenters. The first-order valence-corrected chi connectivity index (χ1v) is 6.54. The first-order valence-electron chi connectivity index (χ1n) is 6.54. The number of fused-ring (bicyclic) bond motifs is 1. The minimum atomic E-state index is 0.185. The maximum Gasteiger partial charge on any atom is 0.214 e. The van der Waals surface area contributed by atoms with Crippen molar-refractivity contribution in [2.24, 2.45) is 0 Å². The highest BCUT2D eigenvalue weighted by Gasteiger charge is 2.07. The van der Waals surface area contributed by atoms with E-state index in [0.717, 1.165) is 22.5 Å². The van der Waals surface area contributed by atoms with Gasteiger partial charge in [0.2, 0.25) is 5.90 Å². The van der Waals surface area contributed by atoms with E-state index in [9.17, 15) is 0 Å². The van der Waals surface area contributed by atoms with Crippen LogP contribution in [0.2, 0.25) is 0 Å². The molecule has 0 radical (unpaired) electrons. The van der Waals surface area contributed by atoms with Crippen molar-refractivity contribution in [1.29, 1.82) is 5.41 Å². The molecule has 0 bridgehead atoms. The number of ether oxygens (including phenoxy) is 1. The number of aromatic nitrogens is 2. The van der Waals surface area contributed by atoms with Gasteiger partial charge in [0.05, 0.1) is 17.9 Å². The van der Waals surface area contributed by atoms with Crippen molar-refractivity contribution in [1.82, 2.24) is 9.38 Å². The smallest absolute Gasteiger partial charge is 0.214 e. The number of pyridine rings is 1. The zero-order valence-electron chi connectivity index (χ0n) is 11.2. The number of nitrogens with zero attached hydrogens (tertiary/aromatic N) is 2. The zero-order valence-corrected chi connectivity index (χ0v) is 11.2. The second-order valence-corrected chi connectivity index (χ2v) is 4.44. The third-order valence-corrected chi connectivity index (χ3v) is 3.07. The highest BCUT2D eigenvalue weighted by Crippen LogP contribution is 2.19. The van der Waals surface area contributed by atoms with E-state index >= 15 is 0 Å². The summed E-state index contributed by atoms with van der Waals surface area (Å²) >= 11 is 0. The van der Waals surface area contributed by atoms with E-state index in [1.165, 1.54) is 0 Å². The predicted molar refractivity (Wildman–Crippen MR) is 79.1 cm³/mol. The molecule has 0 amide bonds. The Hall–Kier alpha value is -2.62. The van der Waals surface area contributed by atoms with Gasteiger partial charge in [-0.3, -0.25) is 5.41 Å². The number of nitrogens with one attached hydrogen (secondary N) is 1. The first kappa shape index (κ1) is 12.4. The minimum absolute atomic E-state index is 0.185. The maximum absolute atomic E-state index is 7.82. The molecule has 20 heavy (non-hydrogen) atoms. The Labute approximate surface area is 117 Å². The average molecular weight is 265 g/mol. The van der Waals surface area contributed by atoms with Gasteiger partial charge in [0.25, 0.3) is 0 Å². The summed E-state index contributed by atoms with van der Waals surface area (Å²) in [5.41, 5.74) is 3.61. The third-order valence-electron chi connectivity index (χ3n) is 3.07. The summed E-state index contributed by atoms with van der Waals surface area (Å²) in [5, 5.41) is 7.82. The lowest BCUT2D eigenvalue weighted by Crippen LogP contribution is -2.05. The van der Waals surface area contributed by atoms with Crippen LogP contribution in [0.1, 0.15) is 12.5 Å². The molecule has 4 nitrogen and oxygen atoms in total. The first-order chi connectivity index (χ1) is 9.78. The van der Waals surface area contributed by atoms with Gasteiger partial charge in [-0.05, 0) is 19.1 Å².